The molecular formula is C26H50O4. The van der Waals surface area contributed by atoms with Crippen LogP contribution in [-0.2, 0) is 9.59 Å². The summed E-state index contributed by atoms with van der Waals surface area (Å²) < 4.78 is 0. The average molecular weight is 427 g/mol. The van der Waals surface area contributed by atoms with E-state index < -0.39 is 17.4 Å². The first-order chi connectivity index (χ1) is 13.6. The van der Waals surface area contributed by atoms with E-state index in [9.17, 15) is 14.7 Å². The zero-order valence-corrected chi connectivity index (χ0v) is 21.1. The summed E-state index contributed by atoms with van der Waals surface area (Å²) in [6.07, 6.45) is 8.90. The van der Waals surface area contributed by atoms with E-state index in [-0.39, 0.29) is 17.3 Å². The highest BCUT2D eigenvalue weighted by molar-refractivity contribution is 5.74. The van der Waals surface area contributed by atoms with E-state index in [0.717, 1.165) is 38.5 Å². The van der Waals surface area contributed by atoms with Gasteiger partial charge in [0.25, 0.3) is 0 Å². The Balaban J connectivity index is 5.33. The summed E-state index contributed by atoms with van der Waals surface area (Å²) >= 11 is 0. The van der Waals surface area contributed by atoms with E-state index >= 15 is 0 Å². The Bertz CT molecular complexity index is 493. The molecule has 0 atom stereocenters. The molecule has 30 heavy (non-hydrogen) atoms. The molecule has 4 heteroatoms. The Morgan fingerprint density at radius 2 is 1.10 bits per heavy atom. The summed E-state index contributed by atoms with van der Waals surface area (Å²) in [5.41, 5.74) is -0.720. The third kappa shape index (κ3) is 12.6. The van der Waals surface area contributed by atoms with E-state index in [0.29, 0.717) is 37.5 Å². The molecule has 0 aromatic carbocycles. The van der Waals surface area contributed by atoms with Crippen molar-refractivity contribution < 1.29 is 19.8 Å². The van der Waals surface area contributed by atoms with Crippen molar-refractivity contribution in [2.75, 3.05) is 0 Å². The second-order valence-electron chi connectivity index (χ2n) is 12.1. The maximum absolute atomic E-state index is 12.7. The molecular weight excluding hydrogens is 376 g/mol. The molecule has 2 N–H and O–H groups in total. The van der Waals surface area contributed by atoms with Crippen LogP contribution in [0.25, 0.3) is 0 Å². The molecule has 0 rings (SSSR count). The van der Waals surface area contributed by atoms with Gasteiger partial charge in [-0.05, 0) is 61.2 Å². The molecule has 0 aromatic heterocycles. The number of unbranched alkanes of at least 4 members (excludes halogenated alkanes) is 4. The molecule has 0 unspecified atom stereocenters. The zero-order chi connectivity index (χ0) is 23.6. The number of hydrogen-bond acceptors (Lipinski definition) is 2. The van der Waals surface area contributed by atoms with Gasteiger partial charge >= 0.3 is 11.9 Å². The SMILES string of the molecule is CC(C)CC(C)(C)CC(CCCCCCCC(=O)O)(CC(C)(C)CC(C)C)C(=O)O. The van der Waals surface area contributed by atoms with Crippen LogP contribution in [0, 0.1) is 28.1 Å². The second-order valence-corrected chi connectivity index (χ2v) is 12.1. The van der Waals surface area contributed by atoms with E-state index in [4.69, 9.17) is 5.11 Å². The minimum atomic E-state index is -0.736. The van der Waals surface area contributed by atoms with Gasteiger partial charge in [0.05, 0.1) is 5.41 Å². The number of carboxylic acid groups (broad SMARTS) is 2. The molecule has 4 nitrogen and oxygen atoms in total. The van der Waals surface area contributed by atoms with Crippen LogP contribution in [0.2, 0.25) is 0 Å². The molecule has 0 aromatic rings. The normalized spacial score (nSPS) is 13.3. The Morgan fingerprint density at radius 1 is 0.700 bits per heavy atom. The van der Waals surface area contributed by atoms with E-state index in [1.165, 1.54) is 0 Å². The first-order valence-corrected chi connectivity index (χ1v) is 12.1. The molecule has 0 amide bonds. The predicted octanol–water partition coefficient (Wildman–Crippen LogP) is 7.80. The summed E-state index contributed by atoms with van der Waals surface area (Å²) in [7, 11) is 0. The quantitative estimate of drug-likeness (QED) is 0.233. The fourth-order valence-corrected chi connectivity index (χ4v) is 5.95. The van der Waals surface area contributed by atoms with Gasteiger partial charge in [-0.25, -0.2) is 0 Å². The first-order valence-electron chi connectivity index (χ1n) is 12.1. The maximum atomic E-state index is 12.7. The van der Waals surface area contributed by atoms with Gasteiger partial charge in [-0.15, -0.1) is 0 Å². The van der Waals surface area contributed by atoms with Crippen molar-refractivity contribution in [1.82, 2.24) is 0 Å². The van der Waals surface area contributed by atoms with Crippen molar-refractivity contribution in [2.45, 2.75) is 126 Å². The number of rotatable bonds is 17. The molecule has 0 saturated heterocycles. The Kier molecular flexibility index (Phi) is 12.3. The highest BCUT2D eigenvalue weighted by Gasteiger charge is 2.45. The summed E-state index contributed by atoms with van der Waals surface area (Å²) in [5, 5.41) is 19.2. The van der Waals surface area contributed by atoms with Crippen LogP contribution in [0.15, 0.2) is 0 Å². The summed E-state index contributed by atoms with van der Waals surface area (Å²) in [6, 6.07) is 0. The van der Waals surface area contributed by atoms with Gasteiger partial charge in [0, 0.05) is 6.42 Å². The molecule has 0 saturated carbocycles. The average Bonchev–Trinajstić information content (AvgIpc) is 2.49. The molecule has 0 heterocycles. The van der Waals surface area contributed by atoms with E-state index in [2.05, 4.69) is 55.4 Å². The van der Waals surface area contributed by atoms with Gasteiger partial charge in [-0.2, -0.15) is 0 Å². The third-order valence-electron chi connectivity index (χ3n) is 6.06. The molecule has 0 bridgehead atoms. The summed E-state index contributed by atoms with van der Waals surface area (Å²) in [4.78, 5) is 23.4. The van der Waals surface area contributed by atoms with Crippen LogP contribution in [0.4, 0.5) is 0 Å². The van der Waals surface area contributed by atoms with Crippen molar-refractivity contribution in [1.29, 1.82) is 0 Å². The number of carbonyl (C=O) groups is 2. The topological polar surface area (TPSA) is 74.6 Å². The summed E-state index contributed by atoms with van der Waals surface area (Å²) in [6.45, 7) is 17.8. The van der Waals surface area contributed by atoms with Gasteiger partial charge in [-0.3, -0.25) is 9.59 Å². The molecule has 0 aliphatic rings. The predicted molar refractivity (Wildman–Crippen MR) is 126 cm³/mol. The van der Waals surface area contributed by atoms with Gasteiger partial charge in [0.15, 0.2) is 0 Å². The number of carboxylic acids is 2. The molecule has 178 valence electrons. The minimum absolute atomic E-state index is 0.0119. The van der Waals surface area contributed by atoms with Gasteiger partial charge in [0.1, 0.15) is 0 Å². The van der Waals surface area contributed by atoms with E-state index in [1.54, 1.807) is 0 Å². The fraction of sp³-hybridized carbons (Fsp3) is 0.923. The van der Waals surface area contributed by atoms with Gasteiger partial charge in [0.2, 0.25) is 0 Å². The van der Waals surface area contributed by atoms with E-state index in [1.807, 2.05) is 0 Å². The van der Waals surface area contributed by atoms with Crippen LogP contribution >= 0.6 is 0 Å². The van der Waals surface area contributed by atoms with Crippen molar-refractivity contribution in [3.63, 3.8) is 0 Å². The smallest absolute Gasteiger partial charge is 0.309 e. The van der Waals surface area contributed by atoms with Crippen molar-refractivity contribution in [3.8, 4) is 0 Å². The lowest BCUT2D eigenvalue weighted by molar-refractivity contribution is -0.155. The van der Waals surface area contributed by atoms with Crippen LogP contribution < -0.4 is 0 Å². The van der Waals surface area contributed by atoms with Gasteiger partial charge < -0.3 is 10.2 Å². The highest BCUT2D eigenvalue weighted by atomic mass is 16.4. The molecule has 0 aliphatic carbocycles. The lowest BCUT2D eigenvalue weighted by atomic mass is 9.61. The third-order valence-corrected chi connectivity index (χ3v) is 6.06. The van der Waals surface area contributed by atoms with Crippen LogP contribution in [0.1, 0.15) is 126 Å². The Labute approximate surface area is 186 Å². The molecule has 0 aliphatic heterocycles. The Morgan fingerprint density at radius 3 is 1.47 bits per heavy atom. The van der Waals surface area contributed by atoms with Crippen molar-refractivity contribution in [2.24, 2.45) is 28.1 Å². The Hall–Kier alpha value is -1.06. The lowest BCUT2D eigenvalue weighted by Crippen LogP contribution is -2.40. The van der Waals surface area contributed by atoms with Gasteiger partial charge in [-0.1, -0.05) is 81.1 Å². The summed E-state index contributed by atoms with van der Waals surface area (Å²) in [5.74, 6) is -0.282. The van der Waals surface area contributed by atoms with Crippen LogP contribution in [-0.4, -0.2) is 22.2 Å². The number of hydrogen-bond donors (Lipinski definition) is 2. The largest absolute Gasteiger partial charge is 0.481 e. The monoisotopic (exact) mass is 426 g/mol. The maximum Gasteiger partial charge on any atom is 0.309 e. The minimum Gasteiger partial charge on any atom is -0.481 e. The highest BCUT2D eigenvalue weighted by Crippen LogP contribution is 2.49. The number of aliphatic carboxylic acids is 2. The molecule has 0 radical (unpaired) electrons. The molecule has 0 spiro atoms. The lowest BCUT2D eigenvalue weighted by Gasteiger charge is -2.43. The fourth-order valence-electron chi connectivity index (χ4n) is 5.95. The van der Waals surface area contributed by atoms with Crippen molar-refractivity contribution in [3.05, 3.63) is 0 Å². The zero-order valence-electron chi connectivity index (χ0n) is 21.1. The standard InChI is InChI=1S/C26H50O4/c1-20(2)16-24(5,6)18-26(23(29)30,19-25(7,8)17-21(3)4)15-13-11-9-10-12-14-22(27)28/h20-21H,9-19H2,1-8H3,(H,27,28)(H,29,30). The van der Waals surface area contributed by atoms with Crippen LogP contribution in [0.5, 0.6) is 0 Å². The molecule has 0 fully saturated rings. The van der Waals surface area contributed by atoms with Crippen LogP contribution in [0.3, 0.4) is 0 Å². The van der Waals surface area contributed by atoms with Crippen molar-refractivity contribution >= 4 is 11.9 Å². The second kappa shape index (κ2) is 12.7. The first kappa shape index (κ1) is 28.9.